The van der Waals surface area contributed by atoms with Crippen molar-refractivity contribution in [3.63, 3.8) is 0 Å². The van der Waals surface area contributed by atoms with Crippen LogP contribution >= 0.6 is 11.6 Å². The summed E-state index contributed by atoms with van der Waals surface area (Å²) in [4.78, 5) is 26.4. The average Bonchev–Trinajstić information content (AvgIpc) is 2.77. The first-order valence-corrected chi connectivity index (χ1v) is 10.1. The monoisotopic (exact) mass is 426 g/mol. The lowest BCUT2D eigenvalue weighted by Crippen LogP contribution is -2.41. The number of carbonyl (C=O) groups excluding carboxylic acids is 2. The van der Waals surface area contributed by atoms with Gasteiger partial charge >= 0.3 is 11.8 Å². The van der Waals surface area contributed by atoms with Gasteiger partial charge in [-0.05, 0) is 30.2 Å². The molecule has 2 aromatic carbocycles. The molecule has 1 unspecified atom stereocenters. The second kappa shape index (κ2) is 10.7. The van der Waals surface area contributed by atoms with Crippen LogP contribution in [0.1, 0.15) is 23.7 Å². The molecule has 7 nitrogen and oxygen atoms in total. The molecule has 0 bridgehead atoms. The molecule has 1 saturated heterocycles. The number of benzene rings is 2. The van der Waals surface area contributed by atoms with E-state index in [9.17, 15) is 9.59 Å². The maximum atomic E-state index is 12.1. The van der Waals surface area contributed by atoms with Gasteiger partial charge in [0.1, 0.15) is 6.07 Å². The highest BCUT2D eigenvalue weighted by Crippen LogP contribution is 2.22. The van der Waals surface area contributed by atoms with E-state index in [1.807, 2.05) is 24.3 Å². The lowest BCUT2D eigenvalue weighted by atomic mass is 10.1. The van der Waals surface area contributed by atoms with Gasteiger partial charge in [-0.15, -0.1) is 0 Å². The second-order valence-corrected chi connectivity index (χ2v) is 7.37. The Labute approximate surface area is 180 Å². The SMILES string of the molecule is N#Cc1ccc(Cl)cc1NC(=O)C(=O)NCCCN1CCOC(c2ccccc2)C1. The maximum absolute atomic E-state index is 12.1. The van der Waals surface area contributed by atoms with Gasteiger partial charge in [0.2, 0.25) is 0 Å². The summed E-state index contributed by atoms with van der Waals surface area (Å²) < 4.78 is 5.86. The molecule has 156 valence electrons. The van der Waals surface area contributed by atoms with Gasteiger partial charge in [-0.25, -0.2) is 0 Å². The molecule has 2 amide bonds. The lowest BCUT2D eigenvalue weighted by molar-refractivity contribution is -0.136. The molecule has 0 saturated carbocycles. The molecular weight excluding hydrogens is 404 g/mol. The standard InChI is InChI=1S/C22H23ClN4O3/c23-18-8-7-17(14-24)19(13-18)26-22(29)21(28)25-9-4-10-27-11-12-30-20(15-27)16-5-2-1-3-6-16/h1-3,5-8,13,20H,4,9-12,15H2,(H,25,28)(H,26,29). The van der Waals surface area contributed by atoms with E-state index >= 15 is 0 Å². The summed E-state index contributed by atoms with van der Waals surface area (Å²) in [5.74, 6) is -1.58. The lowest BCUT2D eigenvalue weighted by Gasteiger charge is -2.33. The zero-order valence-corrected chi connectivity index (χ0v) is 17.2. The molecule has 0 aromatic heterocycles. The van der Waals surface area contributed by atoms with E-state index in [1.165, 1.54) is 12.1 Å². The maximum Gasteiger partial charge on any atom is 0.313 e. The number of hydrogen-bond acceptors (Lipinski definition) is 5. The zero-order valence-electron chi connectivity index (χ0n) is 16.4. The number of anilines is 1. The first-order chi connectivity index (χ1) is 14.6. The quantitative estimate of drug-likeness (QED) is 0.547. The van der Waals surface area contributed by atoms with Crippen molar-refractivity contribution in [2.75, 3.05) is 38.1 Å². The first-order valence-electron chi connectivity index (χ1n) is 9.74. The molecule has 1 heterocycles. The van der Waals surface area contributed by atoms with Crippen LogP contribution in [-0.2, 0) is 14.3 Å². The van der Waals surface area contributed by atoms with E-state index in [0.29, 0.717) is 24.6 Å². The van der Waals surface area contributed by atoms with Crippen LogP contribution in [0.3, 0.4) is 0 Å². The number of halogens is 1. The van der Waals surface area contributed by atoms with Crippen molar-refractivity contribution in [3.8, 4) is 6.07 Å². The van der Waals surface area contributed by atoms with E-state index in [-0.39, 0.29) is 17.4 Å². The largest absolute Gasteiger partial charge is 0.371 e. The number of morpholine rings is 1. The van der Waals surface area contributed by atoms with Gasteiger partial charge in [0.05, 0.1) is 24.0 Å². The Morgan fingerprint density at radius 1 is 1.20 bits per heavy atom. The van der Waals surface area contributed by atoms with Crippen LogP contribution in [0.15, 0.2) is 48.5 Å². The van der Waals surface area contributed by atoms with Crippen LogP contribution in [0, 0.1) is 11.3 Å². The van der Waals surface area contributed by atoms with Gasteiger partial charge < -0.3 is 15.4 Å². The molecule has 0 spiro atoms. The van der Waals surface area contributed by atoms with Gasteiger partial charge in [-0.1, -0.05) is 41.9 Å². The summed E-state index contributed by atoms with van der Waals surface area (Å²) >= 11 is 5.89. The Balaban J connectivity index is 1.41. The molecular formula is C22H23ClN4O3. The molecule has 1 atom stereocenters. The number of rotatable bonds is 6. The first kappa shape index (κ1) is 21.8. The zero-order chi connectivity index (χ0) is 21.3. The Bertz CT molecular complexity index is 930. The van der Waals surface area contributed by atoms with Crippen LogP contribution < -0.4 is 10.6 Å². The fraction of sp³-hybridized carbons (Fsp3) is 0.318. The molecule has 0 aliphatic carbocycles. The number of hydrogen-bond donors (Lipinski definition) is 2. The molecule has 2 aromatic rings. The fourth-order valence-electron chi connectivity index (χ4n) is 3.26. The van der Waals surface area contributed by atoms with Crippen LogP contribution in [0.5, 0.6) is 0 Å². The summed E-state index contributed by atoms with van der Waals surface area (Å²) in [6, 6.07) is 16.5. The summed E-state index contributed by atoms with van der Waals surface area (Å²) in [7, 11) is 0. The molecule has 3 rings (SSSR count). The summed E-state index contributed by atoms with van der Waals surface area (Å²) in [6.45, 7) is 3.46. The van der Waals surface area contributed by atoms with Crippen LogP contribution in [0.2, 0.25) is 5.02 Å². The highest BCUT2D eigenvalue weighted by Gasteiger charge is 2.21. The number of carbonyl (C=O) groups is 2. The van der Waals surface area contributed by atoms with Crippen LogP contribution in [0.25, 0.3) is 0 Å². The number of nitrogens with one attached hydrogen (secondary N) is 2. The van der Waals surface area contributed by atoms with Crippen molar-refractivity contribution in [1.29, 1.82) is 5.26 Å². The van der Waals surface area contributed by atoms with Crippen molar-refractivity contribution < 1.29 is 14.3 Å². The average molecular weight is 427 g/mol. The minimum absolute atomic E-state index is 0.0485. The third kappa shape index (κ3) is 6.04. The van der Waals surface area contributed by atoms with Crippen molar-refractivity contribution in [2.45, 2.75) is 12.5 Å². The highest BCUT2D eigenvalue weighted by atomic mass is 35.5. The van der Waals surface area contributed by atoms with E-state index in [0.717, 1.165) is 25.2 Å². The highest BCUT2D eigenvalue weighted by molar-refractivity contribution is 6.40. The molecule has 1 aliphatic rings. The smallest absolute Gasteiger partial charge is 0.313 e. The Morgan fingerprint density at radius 2 is 2.00 bits per heavy atom. The molecule has 1 aliphatic heterocycles. The Kier molecular flexibility index (Phi) is 7.80. The minimum atomic E-state index is -0.829. The van der Waals surface area contributed by atoms with Crippen LogP contribution in [-0.4, -0.2) is 49.5 Å². The van der Waals surface area contributed by atoms with Crippen molar-refractivity contribution in [1.82, 2.24) is 10.2 Å². The third-order valence-corrected chi connectivity index (χ3v) is 5.05. The van der Waals surface area contributed by atoms with Crippen molar-refractivity contribution in [3.05, 3.63) is 64.7 Å². The van der Waals surface area contributed by atoms with E-state index in [4.69, 9.17) is 21.6 Å². The molecule has 0 radical (unpaired) electrons. The summed E-state index contributed by atoms with van der Waals surface area (Å²) in [6.07, 6.45) is 0.758. The molecule has 1 fully saturated rings. The van der Waals surface area contributed by atoms with Crippen molar-refractivity contribution >= 4 is 29.1 Å². The van der Waals surface area contributed by atoms with Gasteiger partial charge in [0.15, 0.2) is 0 Å². The second-order valence-electron chi connectivity index (χ2n) is 6.94. The topological polar surface area (TPSA) is 94.5 Å². The number of amides is 2. The number of ether oxygens (including phenoxy) is 1. The van der Waals surface area contributed by atoms with Gasteiger partial charge in [0.25, 0.3) is 0 Å². The van der Waals surface area contributed by atoms with E-state index in [2.05, 4.69) is 27.7 Å². The molecule has 8 heteroatoms. The minimum Gasteiger partial charge on any atom is -0.371 e. The summed E-state index contributed by atoms with van der Waals surface area (Å²) in [5.41, 5.74) is 1.61. The van der Waals surface area contributed by atoms with Gasteiger partial charge in [-0.3, -0.25) is 14.5 Å². The fourth-order valence-corrected chi connectivity index (χ4v) is 3.43. The van der Waals surface area contributed by atoms with Gasteiger partial charge in [-0.2, -0.15) is 5.26 Å². The van der Waals surface area contributed by atoms with Crippen LogP contribution in [0.4, 0.5) is 5.69 Å². The Hall–Kier alpha value is -2.92. The number of nitrogens with zero attached hydrogens (tertiary/aromatic N) is 2. The predicted molar refractivity (Wildman–Crippen MR) is 114 cm³/mol. The number of nitriles is 1. The normalized spacial score (nSPS) is 16.5. The third-order valence-electron chi connectivity index (χ3n) is 4.82. The van der Waals surface area contributed by atoms with E-state index in [1.54, 1.807) is 6.07 Å². The van der Waals surface area contributed by atoms with Gasteiger partial charge in [0, 0.05) is 31.2 Å². The van der Waals surface area contributed by atoms with Crippen molar-refractivity contribution in [2.24, 2.45) is 0 Å². The predicted octanol–water partition coefficient (Wildman–Crippen LogP) is 2.73. The Morgan fingerprint density at radius 3 is 2.77 bits per heavy atom. The molecule has 30 heavy (non-hydrogen) atoms. The summed E-state index contributed by atoms with van der Waals surface area (Å²) in [5, 5.41) is 14.5. The molecule has 2 N–H and O–H groups in total. The van der Waals surface area contributed by atoms with E-state index < -0.39 is 11.8 Å².